The molecule has 0 unspecified atom stereocenters. The lowest BCUT2D eigenvalue weighted by molar-refractivity contribution is 0.161. The summed E-state index contributed by atoms with van der Waals surface area (Å²) in [5, 5.41) is 2.92. The van der Waals surface area contributed by atoms with Crippen LogP contribution in [-0.2, 0) is 16.6 Å². The Bertz CT molecular complexity index is 560. The van der Waals surface area contributed by atoms with Crippen molar-refractivity contribution in [1.82, 2.24) is 14.9 Å². The van der Waals surface area contributed by atoms with Crippen molar-refractivity contribution >= 4 is 10.0 Å². The van der Waals surface area contributed by atoms with Crippen LogP contribution in [0.15, 0.2) is 21.6 Å². The van der Waals surface area contributed by atoms with Crippen LogP contribution in [0.3, 0.4) is 0 Å². The van der Waals surface area contributed by atoms with Crippen molar-refractivity contribution in [3.05, 3.63) is 17.9 Å². The maximum atomic E-state index is 12.3. The van der Waals surface area contributed by atoms with Crippen LogP contribution in [0.5, 0.6) is 0 Å². The highest BCUT2D eigenvalue weighted by Gasteiger charge is 2.37. The minimum Gasteiger partial charge on any atom is -0.447 e. The van der Waals surface area contributed by atoms with E-state index in [2.05, 4.69) is 14.9 Å². The minimum absolute atomic E-state index is 0.0142. The average molecular weight is 315 g/mol. The molecular weight excluding hydrogens is 290 g/mol. The van der Waals surface area contributed by atoms with E-state index >= 15 is 0 Å². The Balaban J connectivity index is 2.06. The SMILES string of the molecule is CNCc1ccc(S(=O)(=O)NCC2(N(C)C)CCCC2)o1. The van der Waals surface area contributed by atoms with Crippen LogP contribution in [0.4, 0.5) is 0 Å². The van der Waals surface area contributed by atoms with Crippen LogP contribution in [0.2, 0.25) is 0 Å². The van der Waals surface area contributed by atoms with Gasteiger partial charge in [-0.25, -0.2) is 13.1 Å². The van der Waals surface area contributed by atoms with Crippen LogP contribution in [-0.4, -0.2) is 46.5 Å². The second kappa shape index (κ2) is 6.48. The normalized spacial score (nSPS) is 18.5. The van der Waals surface area contributed by atoms with Gasteiger partial charge < -0.3 is 14.6 Å². The van der Waals surface area contributed by atoms with E-state index in [1.54, 1.807) is 13.1 Å². The molecule has 1 heterocycles. The van der Waals surface area contributed by atoms with Crippen LogP contribution in [0.1, 0.15) is 31.4 Å². The topological polar surface area (TPSA) is 74.6 Å². The first-order chi connectivity index (χ1) is 9.89. The fourth-order valence-corrected chi connectivity index (χ4v) is 3.95. The molecule has 0 radical (unpaired) electrons. The smallest absolute Gasteiger partial charge is 0.274 e. The largest absolute Gasteiger partial charge is 0.447 e. The lowest BCUT2D eigenvalue weighted by atomic mass is 9.97. The van der Waals surface area contributed by atoms with E-state index in [-0.39, 0.29) is 10.6 Å². The zero-order chi connectivity index (χ0) is 15.5. The van der Waals surface area contributed by atoms with Crippen molar-refractivity contribution in [2.75, 3.05) is 27.7 Å². The van der Waals surface area contributed by atoms with Gasteiger partial charge in [-0.15, -0.1) is 0 Å². The van der Waals surface area contributed by atoms with Gasteiger partial charge in [0.15, 0.2) is 0 Å². The number of furan rings is 1. The van der Waals surface area contributed by atoms with Crippen LogP contribution in [0, 0.1) is 0 Å². The van der Waals surface area contributed by atoms with Crippen molar-refractivity contribution in [1.29, 1.82) is 0 Å². The highest BCUT2D eigenvalue weighted by Crippen LogP contribution is 2.33. The molecule has 6 nitrogen and oxygen atoms in total. The Morgan fingerprint density at radius 1 is 1.29 bits per heavy atom. The summed E-state index contributed by atoms with van der Waals surface area (Å²) in [5.74, 6) is 0.612. The van der Waals surface area contributed by atoms with Gasteiger partial charge >= 0.3 is 0 Å². The first-order valence-corrected chi connectivity index (χ1v) is 8.78. The molecule has 0 atom stereocenters. The van der Waals surface area contributed by atoms with Gasteiger partial charge in [-0.1, -0.05) is 12.8 Å². The molecule has 1 fully saturated rings. The highest BCUT2D eigenvalue weighted by atomic mass is 32.2. The van der Waals surface area contributed by atoms with E-state index in [1.807, 2.05) is 14.1 Å². The summed E-state index contributed by atoms with van der Waals surface area (Å²) in [6, 6.07) is 3.19. The fourth-order valence-electron chi connectivity index (χ4n) is 2.89. The summed E-state index contributed by atoms with van der Waals surface area (Å²) in [7, 11) is 2.22. The summed E-state index contributed by atoms with van der Waals surface area (Å²) in [4.78, 5) is 2.14. The van der Waals surface area contributed by atoms with Gasteiger partial charge in [0, 0.05) is 12.1 Å². The van der Waals surface area contributed by atoms with Crippen molar-refractivity contribution in [3.8, 4) is 0 Å². The number of nitrogens with zero attached hydrogens (tertiary/aromatic N) is 1. The number of hydrogen-bond donors (Lipinski definition) is 2. The molecule has 21 heavy (non-hydrogen) atoms. The molecule has 1 saturated carbocycles. The van der Waals surface area contributed by atoms with Crippen molar-refractivity contribution in [2.45, 2.75) is 42.9 Å². The van der Waals surface area contributed by atoms with E-state index in [4.69, 9.17) is 4.42 Å². The Labute approximate surface area is 126 Å². The second-order valence-corrected chi connectivity index (χ2v) is 7.60. The van der Waals surface area contributed by atoms with Crippen LogP contribution < -0.4 is 10.0 Å². The van der Waals surface area contributed by atoms with Crippen LogP contribution in [0.25, 0.3) is 0 Å². The van der Waals surface area contributed by atoms with Crippen molar-refractivity contribution < 1.29 is 12.8 Å². The molecule has 0 spiro atoms. The van der Waals surface area contributed by atoms with E-state index in [0.717, 1.165) is 25.7 Å². The quantitative estimate of drug-likeness (QED) is 0.789. The molecule has 2 N–H and O–H groups in total. The lowest BCUT2D eigenvalue weighted by Crippen LogP contribution is -2.50. The Hall–Kier alpha value is -0.890. The molecule has 120 valence electrons. The molecular formula is C14H25N3O3S. The first kappa shape index (κ1) is 16.5. The third kappa shape index (κ3) is 3.66. The summed E-state index contributed by atoms with van der Waals surface area (Å²) in [5.41, 5.74) is -0.0759. The van der Waals surface area contributed by atoms with E-state index in [0.29, 0.717) is 18.8 Å². The van der Waals surface area contributed by atoms with E-state index < -0.39 is 10.0 Å². The number of hydrogen-bond acceptors (Lipinski definition) is 5. The molecule has 1 aromatic rings. The van der Waals surface area contributed by atoms with Gasteiger partial charge in [0.1, 0.15) is 5.76 Å². The third-order valence-electron chi connectivity index (χ3n) is 4.33. The number of rotatable bonds is 7. The van der Waals surface area contributed by atoms with Gasteiger partial charge in [-0.2, -0.15) is 0 Å². The number of nitrogens with one attached hydrogen (secondary N) is 2. The Morgan fingerprint density at radius 3 is 2.52 bits per heavy atom. The maximum Gasteiger partial charge on any atom is 0.274 e. The highest BCUT2D eigenvalue weighted by molar-refractivity contribution is 7.89. The minimum atomic E-state index is -3.59. The Morgan fingerprint density at radius 2 is 1.95 bits per heavy atom. The molecule has 1 aliphatic rings. The second-order valence-electron chi connectivity index (χ2n) is 5.90. The molecule has 0 bridgehead atoms. The lowest BCUT2D eigenvalue weighted by Gasteiger charge is -2.36. The standard InChI is InChI=1S/C14H25N3O3S/c1-15-10-12-6-7-13(20-12)21(18,19)16-11-14(17(2)3)8-4-5-9-14/h6-7,15-16H,4-5,8-11H2,1-3H3. The molecule has 2 rings (SSSR count). The third-order valence-corrected chi connectivity index (χ3v) is 5.60. The average Bonchev–Trinajstić information content (AvgIpc) is 3.07. The molecule has 0 aliphatic heterocycles. The summed E-state index contributed by atoms with van der Waals surface area (Å²) >= 11 is 0. The molecule has 0 aromatic carbocycles. The number of likely N-dealkylation sites (N-methyl/N-ethyl adjacent to an activating group) is 1. The zero-order valence-corrected chi connectivity index (χ0v) is 13.8. The maximum absolute atomic E-state index is 12.3. The molecule has 7 heteroatoms. The van der Waals surface area contributed by atoms with Gasteiger partial charge in [0.2, 0.25) is 5.09 Å². The van der Waals surface area contributed by atoms with Gasteiger partial charge in [0.25, 0.3) is 10.0 Å². The van der Waals surface area contributed by atoms with Gasteiger partial charge in [-0.3, -0.25) is 0 Å². The monoisotopic (exact) mass is 315 g/mol. The van der Waals surface area contributed by atoms with Gasteiger partial charge in [-0.05, 0) is 46.1 Å². The van der Waals surface area contributed by atoms with E-state index in [1.165, 1.54) is 6.07 Å². The first-order valence-electron chi connectivity index (χ1n) is 7.30. The Kier molecular flexibility index (Phi) is 5.08. The molecule has 1 aliphatic carbocycles. The summed E-state index contributed by atoms with van der Waals surface area (Å²) in [6.07, 6.45) is 4.33. The van der Waals surface area contributed by atoms with Crippen molar-refractivity contribution in [2.24, 2.45) is 0 Å². The van der Waals surface area contributed by atoms with Crippen molar-refractivity contribution in [3.63, 3.8) is 0 Å². The predicted octanol–water partition coefficient (Wildman–Crippen LogP) is 1.15. The summed E-state index contributed by atoms with van der Waals surface area (Å²) in [6.45, 7) is 0.932. The van der Waals surface area contributed by atoms with Gasteiger partial charge in [0.05, 0.1) is 6.54 Å². The van der Waals surface area contributed by atoms with Crippen LogP contribution >= 0.6 is 0 Å². The molecule has 0 saturated heterocycles. The summed E-state index contributed by atoms with van der Waals surface area (Å²) < 4.78 is 32.7. The molecule has 0 amide bonds. The number of sulfonamides is 1. The zero-order valence-electron chi connectivity index (χ0n) is 13.0. The molecule has 1 aromatic heterocycles. The predicted molar refractivity (Wildman–Crippen MR) is 81.5 cm³/mol. The van der Waals surface area contributed by atoms with E-state index in [9.17, 15) is 8.42 Å². The fraction of sp³-hybridized carbons (Fsp3) is 0.714.